The van der Waals surface area contributed by atoms with Gasteiger partial charge in [-0.2, -0.15) is 0 Å². The summed E-state index contributed by atoms with van der Waals surface area (Å²) in [6.45, 7) is 7.08. The highest BCUT2D eigenvalue weighted by Gasteiger charge is 2.17. The Labute approximate surface area is 88.2 Å². The SMILES string of the molecule is CC(CO)CC1=CC[C@@H](C(C)C)CC1. The fourth-order valence-electron chi connectivity index (χ4n) is 2.21. The van der Waals surface area contributed by atoms with Gasteiger partial charge in [0.15, 0.2) is 0 Å². The summed E-state index contributed by atoms with van der Waals surface area (Å²) < 4.78 is 0. The summed E-state index contributed by atoms with van der Waals surface area (Å²) in [5.74, 6) is 2.16. The van der Waals surface area contributed by atoms with Crippen LogP contribution in [0, 0.1) is 17.8 Å². The highest BCUT2D eigenvalue weighted by molar-refractivity contribution is 5.07. The van der Waals surface area contributed by atoms with Crippen molar-refractivity contribution in [3.63, 3.8) is 0 Å². The highest BCUT2D eigenvalue weighted by atomic mass is 16.3. The normalized spacial score (nSPS) is 24.9. The molecular formula is C13H24O. The van der Waals surface area contributed by atoms with Gasteiger partial charge in [0, 0.05) is 6.61 Å². The Morgan fingerprint density at radius 3 is 2.57 bits per heavy atom. The van der Waals surface area contributed by atoms with E-state index in [0.29, 0.717) is 12.5 Å². The molecule has 0 fully saturated rings. The van der Waals surface area contributed by atoms with E-state index < -0.39 is 0 Å². The Bertz CT molecular complexity index is 193. The zero-order valence-corrected chi connectivity index (χ0v) is 9.79. The molecule has 1 unspecified atom stereocenters. The summed E-state index contributed by atoms with van der Waals surface area (Å²) in [5, 5.41) is 8.98. The summed E-state index contributed by atoms with van der Waals surface area (Å²) in [7, 11) is 0. The van der Waals surface area contributed by atoms with Crippen LogP contribution < -0.4 is 0 Å². The Balaban J connectivity index is 2.37. The topological polar surface area (TPSA) is 20.2 Å². The Hall–Kier alpha value is -0.300. The number of aliphatic hydroxyl groups is 1. The van der Waals surface area contributed by atoms with E-state index in [0.717, 1.165) is 18.3 Å². The zero-order valence-electron chi connectivity index (χ0n) is 9.79. The molecule has 0 aliphatic heterocycles. The molecule has 0 radical (unpaired) electrons. The molecule has 1 aliphatic rings. The van der Waals surface area contributed by atoms with Crippen LogP contribution in [-0.4, -0.2) is 11.7 Å². The van der Waals surface area contributed by atoms with Crippen LogP contribution in [0.25, 0.3) is 0 Å². The van der Waals surface area contributed by atoms with Crippen LogP contribution in [0.15, 0.2) is 11.6 Å². The predicted octanol–water partition coefficient (Wildman–Crippen LogP) is 3.39. The van der Waals surface area contributed by atoms with E-state index in [1.165, 1.54) is 19.3 Å². The molecule has 0 saturated carbocycles. The van der Waals surface area contributed by atoms with Gasteiger partial charge in [-0.1, -0.05) is 32.4 Å². The van der Waals surface area contributed by atoms with Gasteiger partial charge < -0.3 is 5.11 Å². The van der Waals surface area contributed by atoms with E-state index in [2.05, 4.69) is 26.8 Å². The van der Waals surface area contributed by atoms with Crippen molar-refractivity contribution >= 4 is 0 Å². The molecule has 1 aliphatic carbocycles. The molecule has 0 amide bonds. The first-order valence-corrected chi connectivity index (χ1v) is 5.92. The number of rotatable bonds is 4. The molecule has 0 aromatic rings. The number of hydrogen-bond donors (Lipinski definition) is 1. The third kappa shape index (κ3) is 3.45. The largest absolute Gasteiger partial charge is 0.396 e. The Morgan fingerprint density at radius 1 is 1.43 bits per heavy atom. The quantitative estimate of drug-likeness (QED) is 0.683. The van der Waals surface area contributed by atoms with Gasteiger partial charge in [-0.15, -0.1) is 0 Å². The summed E-state index contributed by atoms with van der Waals surface area (Å²) in [6.07, 6.45) is 7.38. The maximum Gasteiger partial charge on any atom is 0.0459 e. The zero-order chi connectivity index (χ0) is 10.6. The first-order chi connectivity index (χ1) is 6.63. The lowest BCUT2D eigenvalue weighted by atomic mass is 9.80. The van der Waals surface area contributed by atoms with Crippen molar-refractivity contribution in [3.8, 4) is 0 Å². The van der Waals surface area contributed by atoms with Crippen molar-refractivity contribution in [2.24, 2.45) is 17.8 Å². The second-order valence-corrected chi connectivity index (χ2v) is 5.13. The average molecular weight is 196 g/mol. The van der Waals surface area contributed by atoms with Gasteiger partial charge in [-0.05, 0) is 43.4 Å². The van der Waals surface area contributed by atoms with Crippen LogP contribution in [0.1, 0.15) is 46.5 Å². The van der Waals surface area contributed by atoms with Crippen LogP contribution >= 0.6 is 0 Å². The minimum atomic E-state index is 0.324. The first kappa shape index (κ1) is 11.8. The third-order valence-electron chi connectivity index (χ3n) is 3.41. The molecule has 82 valence electrons. The van der Waals surface area contributed by atoms with Crippen LogP contribution in [0.5, 0.6) is 0 Å². The lowest BCUT2D eigenvalue weighted by Crippen LogP contribution is -2.13. The van der Waals surface area contributed by atoms with Crippen molar-refractivity contribution in [3.05, 3.63) is 11.6 Å². The Kier molecular flexibility index (Phi) is 4.67. The molecule has 14 heavy (non-hydrogen) atoms. The molecule has 0 aromatic carbocycles. The van der Waals surface area contributed by atoms with Crippen molar-refractivity contribution in [2.75, 3.05) is 6.61 Å². The third-order valence-corrected chi connectivity index (χ3v) is 3.41. The summed E-state index contributed by atoms with van der Waals surface area (Å²) in [6, 6.07) is 0. The first-order valence-electron chi connectivity index (χ1n) is 5.92. The Morgan fingerprint density at radius 2 is 2.14 bits per heavy atom. The number of aliphatic hydroxyl groups excluding tert-OH is 1. The molecule has 0 saturated heterocycles. The molecule has 0 heterocycles. The van der Waals surface area contributed by atoms with E-state index in [9.17, 15) is 0 Å². The average Bonchev–Trinajstić information content (AvgIpc) is 2.18. The molecule has 0 aromatic heterocycles. The van der Waals surface area contributed by atoms with Crippen molar-refractivity contribution in [1.82, 2.24) is 0 Å². The number of allylic oxidation sites excluding steroid dienone is 2. The van der Waals surface area contributed by atoms with Gasteiger partial charge in [0.25, 0.3) is 0 Å². The molecule has 0 bridgehead atoms. The molecule has 1 N–H and O–H groups in total. The van der Waals surface area contributed by atoms with Gasteiger partial charge >= 0.3 is 0 Å². The van der Waals surface area contributed by atoms with Gasteiger partial charge in [-0.25, -0.2) is 0 Å². The van der Waals surface area contributed by atoms with E-state index >= 15 is 0 Å². The fraction of sp³-hybridized carbons (Fsp3) is 0.846. The molecular weight excluding hydrogens is 172 g/mol. The smallest absolute Gasteiger partial charge is 0.0459 e. The van der Waals surface area contributed by atoms with Crippen LogP contribution in [0.3, 0.4) is 0 Å². The number of hydrogen-bond acceptors (Lipinski definition) is 1. The van der Waals surface area contributed by atoms with E-state index in [-0.39, 0.29) is 0 Å². The van der Waals surface area contributed by atoms with Crippen molar-refractivity contribution in [2.45, 2.75) is 46.5 Å². The maximum atomic E-state index is 8.98. The summed E-state index contributed by atoms with van der Waals surface area (Å²) >= 11 is 0. The molecule has 1 rings (SSSR count). The van der Waals surface area contributed by atoms with Gasteiger partial charge in [0.1, 0.15) is 0 Å². The fourth-order valence-corrected chi connectivity index (χ4v) is 2.21. The molecule has 0 spiro atoms. The second kappa shape index (κ2) is 5.55. The molecule has 1 nitrogen and oxygen atoms in total. The van der Waals surface area contributed by atoms with E-state index in [4.69, 9.17) is 5.11 Å². The van der Waals surface area contributed by atoms with Gasteiger partial charge in [0.05, 0.1) is 0 Å². The van der Waals surface area contributed by atoms with Crippen molar-refractivity contribution < 1.29 is 5.11 Å². The molecule has 1 heteroatoms. The minimum absolute atomic E-state index is 0.324. The standard InChI is InChI=1S/C13H24O/c1-10(2)13-6-4-12(5-7-13)8-11(3)9-14/h4,10-11,13-14H,5-9H2,1-3H3/t11?,13-/m1/s1. The second-order valence-electron chi connectivity index (χ2n) is 5.13. The maximum absolute atomic E-state index is 8.98. The highest BCUT2D eigenvalue weighted by Crippen LogP contribution is 2.31. The lowest BCUT2D eigenvalue weighted by molar-refractivity contribution is 0.234. The summed E-state index contributed by atoms with van der Waals surface area (Å²) in [4.78, 5) is 0. The minimum Gasteiger partial charge on any atom is -0.396 e. The molecule has 2 atom stereocenters. The monoisotopic (exact) mass is 196 g/mol. The van der Waals surface area contributed by atoms with Crippen molar-refractivity contribution in [1.29, 1.82) is 0 Å². The van der Waals surface area contributed by atoms with Crippen LogP contribution in [-0.2, 0) is 0 Å². The van der Waals surface area contributed by atoms with E-state index in [1.807, 2.05) is 0 Å². The van der Waals surface area contributed by atoms with Gasteiger partial charge in [-0.3, -0.25) is 0 Å². The lowest BCUT2D eigenvalue weighted by Gasteiger charge is -2.25. The van der Waals surface area contributed by atoms with Crippen LogP contribution in [0.2, 0.25) is 0 Å². The van der Waals surface area contributed by atoms with Crippen LogP contribution in [0.4, 0.5) is 0 Å². The van der Waals surface area contributed by atoms with Gasteiger partial charge in [0.2, 0.25) is 0 Å². The predicted molar refractivity (Wildman–Crippen MR) is 61.1 cm³/mol. The summed E-state index contributed by atoms with van der Waals surface area (Å²) in [5.41, 5.74) is 1.57. The van der Waals surface area contributed by atoms with E-state index in [1.54, 1.807) is 5.57 Å².